The standard InChI is InChI=1S/C31H42N2O3/c34-29-27(19-23-11-3-1-4-12-23)32(21-25-15-7-8-16-25)31(36)33(22-26-17-9-10-18-26)28(30(29)35)20-24-13-5-2-6-14-24/h1-6,11-14,25-30,34-35H,7-10,15-22H2/t27-,28-,29+,30+/m1/s1. The maximum Gasteiger partial charge on any atom is 0.320 e. The van der Waals surface area contributed by atoms with Crippen LogP contribution in [0, 0.1) is 11.8 Å². The summed E-state index contributed by atoms with van der Waals surface area (Å²) in [4.78, 5) is 18.4. The van der Waals surface area contributed by atoms with Gasteiger partial charge in [0.15, 0.2) is 0 Å². The number of amides is 2. The largest absolute Gasteiger partial charge is 0.388 e. The van der Waals surface area contributed by atoms with Crippen molar-refractivity contribution < 1.29 is 15.0 Å². The molecule has 2 N–H and O–H groups in total. The zero-order valence-electron chi connectivity index (χ0n) is 21.4. The van der Waals surface area contributed by atoms with E-state index in [1.54, 1.807) is 0 Å². The molecule has 2 aromatic rings. The van der Waals surface area contributed by atoms with E-state index in [2.05, 4.69) is 24.3 Å². The van der Waals surface area contributed by atoms with Gasteiger partial charge in [0.2, 0.25) is 0 Å². The molecule has 5 nitrogen and oxygen atoms in total. The lowest BCUT2D eigenvalue weighted by molar-refractivity contribution is -0.0414. The molecule has 3 aliphatic rings. The number of aliphatic hydroxyl groups is 2. The van der Waals surface area contributed by atoms with Crippen molar-refractivity contribution in [1.29, 1.82) is 0 Å². The van der Waals surface area contributed by atoms with E-state index in [0.717, 1.165) is 36.8 Å². The van der Waals surface area contributed by atoms with Crippen molar-refractivity contribution in [3.63, 3.8) is 0 Å². The summed E-state index contributed by atoms with van der Waals surface area (Å²) < 4.78 is 0. The van der Waals surface area contributed by atoms with Crippen LogP contribution in [0.4, 0.5) is 4.79 Å². The molecule has 0 unspecified atom stereocenters. The average molecular weight is 491 g/mol. The number of carbonyl (C=O) groups is 1. The Morgan fingerprint density at radius 3 is 1.33 bits per heavy atom. The van der Waals surface area contributed by atoms with Gasteiger partial charge in [0, 0.05) is 13.1 Å². The van der Waals surface area contributed by atoms with Crippen molar-refractivity contribution in [2.75, 3.05) is 13.1 Å². The summed E-state index contributed by atoms with van der Waals surface area (Å²) in [6, 6.07) is 19.3. The van der Waals surface area contributed by atoms with Crippen LogP contribution >= 0.6 is 0 Å². The number of urea groups is 1. The zero-order chi connectivity index (χ0) is 24.9. The van der Waals surface area contributed by atoms with Gasteiger partial charge in [0.05, 0.1) is 12.1 Å². The van der Waals surface area contributed by atoms with E-state index in [0.29, 0.717) is 37.8 Å². The van der Waals surface area contributed by atoms with E-state index in [4.69, 9.17) is 0 Å². The third-order valence-corrected chi connectivity index (χ3v) is 8.87. The smallest absolute Gasteiger partial charge is 0.320 e. The molecule has 3 fully saturated rings. The minimum Gasteiger partial charge on any atom is -0.388 e. The minimum atomic E-state index is -1.00. The molecule has 5 heteroatoms. The molecule has 1 heterocycles. The molecule has 36 heavy (non-hydrogen) atoms. The average Bonchev–Trinajstić information content (AvgIpc) is 3.61. The normalized spacial score (nSPS) is 28.1. The zero-order valence-corrected chi connectivity index (χ0v) is 21.4. The van der Waals surface area contributed by atoms with Crippen molar-refractivity contribution in [3.8, 4) is 0 Å². The summed E-state index contributed by atoms with van der Waals surface area (Å²) >= 11 is 0. The lowest BCUT2D eigenvalue weighted by atomic mass is 9.90. The molecule has 2 aromatic carbocycles. The topological polar surface area (TPSA) is 64.0 Å². The van der Waals surface area contributed by atoms with E-state index < -0.39 is 24.3 Å². The summed E-state index contributed by atoms with van der Waals surface area (Å²) in [6.07, 6.45) is 8.48. The lowest BCUT2D eigenvalue weighted by Crippen LogP contribution is -2.53. The summed E-state index contributed by atoms with van der Waals surface area (Å²) in [5, 5.41) is 23.4. The molecule has 5 rings (SSSR count). The first-order chi connectivity index (χ1) is 17.6. The molecule has 2 saturated carbocycles. The van der Waals surface area contributed by atoms with Crippen LogP contribution < -0.4 is 0 Å². The van der Waals surface area contributed by atoms with Crippen molar-refractivity contribution in [1.82, 2.24) is 9.80 Å². The van der Waals surface area contributed by atoms with Gasteiger partial charge in [-0.3, -0.25) is 0 Å². The molecule has 0 aromatic heterocycles. The molecule has 0 spiro atoms. The Labute approximate surface area is 216 Å². The second-order valence-corrected chi connectivity index (χ2v) is 11.4. The Hall–Kier alpha value is -2.37. The van der Waals surface area contributed by atoms with Crippen LogP contribution in [0.2, 0.25) is 0 Å². The van der Waals surface area contributed by atoms with Gasteiger partial charge in [-0.25, -0.2) is 4.79 Å². The second-order valence-electron chi connectivity index (χ2n) is 11.4. The quantitative estimate of drug-likeness (QED) is 0.544. The third kappa shape index (κ3) is 5.78. The van der Waals surface area contributed by atoms with Gasteiger partial charge in [0.25, 0.3) is 0 Å². The molecule has 2 aliphatic carbocycles. The molecule has 2 amide bonds. The monoisotopic (exact) mass is 490 g/mol. The molecular formula is C31H42N2O3. The van der Waals surface area contributed by atoms with Crippen LogP contribution in [0.5, 0.6) is 0 Å². The first-order valence-corrected chi connectivity index (χ1v) is 14.1. The summed E-state index contributed by atoms with van der Waals surface area (Å²) in [7, 11) is 0. The van der Waals surface area contributed by atoms with Crippen LogP contribution in [0.3, 0.4) is 0 Å². The molecule has 194 valence electrons. The van der Waals surface area contributed by atoms with Crippen LogP contribution in [-0.2, 0) is 12.8 Å². The van der Waals surface area contributed by atoms with E-state index in [1.807, 2.05) is 46.2 Å². The van der Waals surface area contributed by atoms with Crippen molar-refractivity contribution in [3.05, 3.63) is 71.8 Å². The molecule has 0 bridgehead atoms. The fourth-order valence-electron chi connectivity index (χ4n) is 6.81. The Balaban J connectivity index is 1.50. The number of carbonyl (C=O) groups excluding carboxylic acids is 1. The first-order valence-electron chi connectivity index (χ1n) is 14.1. The molecule has 1 aliphatic heterocycles. The highest BCUT2D eigenvalue weighted by molar-refractivity contribution is 5.76. The number of aliphatic hydroxyl groups excluding tert-OH is 2. The predicted molar refractivity (Wildman–Crippen MR) is 143 cm³/mol. The van der Waals surface area contributed by atoms with Gasteiger partial charge in [0.1, 0.15) is 12.2 Å². The molecular weight excluding hydrogens is 448 g/mol. The Morgan fingerprint density at radius 1 is 0.611 bits per heavy atom. The first kappa shape index (κ1) is 25.3. The van der Waals surface area contributed by atoms with Crippen LogP contribution in [0.25, 0.3) is 0 Å². The summed E-state index contributed by atoms with van der Waals surface area (Å²) in [5.74, 6) is 0.936. The fraction of sp³-hybridized carbons (Fsp3) is 0.581. The van der Waals surface area contributed by atoms with Gasteiger partial charge >= 0.3 is 6.03 Å². The SMILES string of the molecule is O=C1N(CC2CCCC2)[C@H](Cc2ccccc2)[C@H](O)[C@@H](O)[C@@H](Cc2ccccc2)N1CC1CCCC1. The second kappa shape index (κ2) is 11.8. The van der Waals surface area contributed by atoms with Crippen LogP contribution in [-0.4, -0.2) is 63.4 Å². The fourth-order valence-corrected chi connectivity index (χ4v) is 6.81. The molecule has 0 radical (unpaired) electrons. The van der Waals surface area contributed by atoms with Gasteiger partial charge in [-0.1, -0.05) is 86.3 Å². The van der Waals surface area contributed by atoms with Gasteiger partial charge < -0.3 is 20.0 Å². The highest BCUT2D eigenvalue weighted by Gasteiger charge is 2.47. The number of hydrogen-bond acceptors (Lipinski definition) is 3. The number of benzene rings is 2. The van der Waals surface area contributed by atoms with E-state index in [9.17, 15) is 15.0 Å². The van der Waals surface area contributed by atoms with Crippen LogP contribution in [0.1, 0.15) is 62.5 Å². The molecule has 1 saturated heterocycles. The maximum atomic E-state index is 14.4. The van der Waals surface area contributed by atoms with E-state index >= 15 is 0 Å². The van der Waals surface area contributed by atoms with Gasteiger partial charge in [-0.2, -0.15) is 0 Å². The Bertz CT molecular complexity index is 879. The number of rotatable bonds is 8. The number of hydrogen-bond donors (Lipinski definition) is 2. The van der Waals surface area contributed by atoms with E-state index in [1.165, 1.54) is 25.7 Å². The third-order valence-electron chi connectivity index (χ3n) is 8.87. The van der Waals surface area contributed by atoms with Gasteiger partial charge in [-0.15, -0.1) is 0 Å². The van der Waals surface area contributed by atoms with Crippen molar-refractivity contribution >= 4 is 6.03 Å². The summed E-state index contributed by atoms with van der Waals surface area (Å²) in [6.45, 7) is 1.33. The molecule has 4 atom stereocenters. The Morgan fingerprint density at radius 2 is 0.972 bits per heavy atom. The van der Waals surface area contributed by atoms with Crippen molar-refractivity contribution in [2.24, 2.45) is 11.8 Å². The summed E-state index contributed by atoms with van der Waals surface area (Å²) in [5.41, 5.74) is 2.17. The predicted octanol–water partition coefficient (Wildman–Crippen LogP) is 5.05. The van der Waals surface area contributed by atoms with Crippen molar-refractivity contribution in [2.45, 2.75) is 88.5 Å². The Kier molecular flexibility index (Phi) is 8.28. The van der Waals surface area contributed by atoms with Crippen LogP contribution in [0.15, 0.2) is 60.7 Å². The van der Waals surface area contributed by atoms with Gasteiger partial charge in [-0.05, 0) is 61.5 Å². The maximum absolute atomic E-state index is 14.4. The lowest BCUT2D eigenvalue weighted by Gasteiger charge is -2.38. The highest BCUT2D eigenvalue weighted by Crippen LogP contribution is 2.34. The minimum absolute atomic E-state index is 0.00580. The number of nitrogens with zero attached hydrogens (tertiary/aromatic N) is 2. The van der Waals surface area contributed by atoms with E-state index in [-0.39, 0.29) is 6.03 Å². The highest BCUT2D eigenvalue weighted by atomic mass is 16.3.